The van der Waals surface area contributed by atoms with Crippen LogP contribution in [0.2, 0.25) is 0 Å². The Hall–Kier alpha value is -1.96. The summed E-state index contributed by atoms with van der Waals surface area (Å²) in [5.41, 5.74) is 2.73. The number of aryl methyl sites for hydroxylation is 1. The highest BCUT2D eigenvalue weighted by atomic mass is 16.5. The van der Waals surface area contributed by atoms with Crippen LogP contribution in [0.25, 0.3) is 10.9 Å². The number of rotatable bonds is 6. The molecule has 0 spiro atoms. The molecule has 1 aromatic carbocycles. The maximum absolute atomic E-state index is 12.7. The van der Waals surface area contributed by atoms with Crippen LogP contribution >= 0.6 is 0 Å². The molecule has 1 aromatic heterocycles. The molecule has 1 amide bonds. The Kier molecular flexibility index (Phi) is 6.24. The van der Waals surface area contributed by atoms with Gasteiger partial charge in [0.05, 0.1) is 18.7 Å². The first-order chi connectivity index (χ1) is 13.7. The van der Waals surface area contributed by atoms with Gasteiger partial charge >= 0.3 is 0 Å². The van der Waals surface area contributed by atoms with Gasteiger partial charge in [0.2, 0.25) is 0 Å². The van der Waals surface area contributed by atoms with Crippen LogP contribution < -0.4 is 10.6 Å². The second kappa shape index (κ2) is 9.03. The summed E-state index contributed by atoms with van der Waals surface area (Å²) in [4.78, 5) is 15.0. The maximum atomic E-state index is 12.7. The van der Waals surface area contributed by atoms with Gasteiger partial charge in [0.1, 0.15) is 0 Å². The van der Waals surface area contributed by atoms with Crippen LogP contribution in [0, 0.1) is 12.8 Å². The molecule has 2 aliphatic heterocycles. The molecule has 2 N–H and O–H groups in total. The zero-order chi connectivity index (χ0) is 19.3. The number of carbonyl (C=O) groups excluding carboxylic acids is 1. The van der Waals surface area contributed by atoms with Crippen LogP contribution in [0.5, 0.6) is 0 Å². The number of amides is 1. The maximum Gasteiger partial charge on any atom is 0.251 e. The van der Waals surface area contributed by atoms with E-state index in [9.17, 15) is 4.79 Å². The lowest BCUT2D eigenvalue weighted by Crippen LogP contribution is -2.41. The van der Waals surface area contributed by atoms with E-state index in [0.717, 1.165) is 74.5 Å². The first-order valence-corrected chi connectivity index (χ1v) is 10.5. The van der Waals surface area contributed by atoms with Crippen molar-refractivity contribution < 1.29 is 9.53 Å². The van der Waals surface area contributed by atoms with Gasteiger partial charge in [0.25, 0.3) is 5.91 Å². The minimum absolute atomic E-state index is 0.00114. The van der Waals surface area contributed by atoms with E-state index in [1.54, 1.807) is 0 Å². The predicted molar refractivity (Wildman–Crippen MR) is 110 cm³/mol. The normalized spacial score (nSPS) is 19.2. The van der Waals surface area contributed by atoms with Gasteiger partial charge in [0, 0.05) is 49.9 Å². The molecule has 28 heavy (non-hydrogen) atoms. The molecule has 2 aromatic rings. The van der Waals surface area contributed by atoms with E-state index in [2.05, 4.69) is 26.4 Å². The number of ether oxygens (including phenoxy) is 1. The van der Waals surface area contributed by atoms with E-state index in [0.29, 0.717) is 12.5 Å². The van der Waals surface area contributed by atoms with Crippen LogP contribution in [0.4, 0.5) is 0 Å². The van der Waals surface area contributed by atoms with Crippen molar-refractivity contribution in [2.75, 3.05) is 52.5 Å². The molecule has 0 atom stereocenters. The molecular weight excluding hydrogens is 354 g/mol. The average molecular weight is 386 g/mol. The monoisotopic (exact) mass is 385 g/mol. The number of nitrogens with zero attached hydrogens (tertiary/aromatic N) is 3. The lowest BCUT2D eigenvalue weighted by atomic mass is 9.98. The third-order valence-corrected chi connectivity index (χ3v) is 5.97. The van der Waals surface area contributed by atoms with Crippen LogP contribution in [-0.4, -0.2) is 73.1 Å². The molecule has 0 aliphatic carbocycles. The topological polar surface area (TPSA) is 71.4 Å². The van der Waals surface area contributed by atoms with Crippen LogP contribution in [0.1, 0.15) is 28.8 Å². The second-order valence-corrected chi connectivity index (χ2v) is 7.93. The molecule has 152 valence electrons. The number of aromatic nitrogens is 2. The van der Waals surface area contributed by atoms with E-state index in [4.69, 9.17) is 9.84 Å². The molecule has 2 saturated heterocycles. The van der Waals surface area contributed by atoms with Gasteiger partial charge in [-0.1, -0.05) is 0 Å². The first-order valence-electron chi connectivity index (χ1n) is 10.5. The number of hydrogen-bond donors (Lipinski definition) is 2. The minimum atomic E-state index is -0.00114. The lowest BCUT2D eigenvalue weighted by molar-refractivity contribution is 0.0383. The molecule has 7 heteroatoms. The van der Waals surface area contributed by atoms with E-state index >= 15 is 0 Å². The number of carbonyl (C=O) groups is 1. The molecule has 0 bridgehead atoms. The standard InChI is InChI=1S/C21H31N5O2/c1-16-18(21(27)23-8-9-25-10-12-28-13-11-25)2-3-20-19(16)15-26(24-20)14-17-4-6-22-7-5-17/h2-3,15,17,22H,4-14H2,1H3,(H,23,27). The lowest BCUT2D eigenvalue weighted by Gasteiger charge is -2.26. The number of benzene rings is 1. The van der Waals surface area contributed by atoms with Gasteiger partial charge in [0.15, 0.2) is 0 Å². The highest BCUT2D eigenvalue weighted by molar-refractivity contribution is 6.00. The van der Waals surface area contributed by atoms with E-state index in [-0.39, 0.29) is 5.91 Å². The zero-order valence-corrected chi connectivity index (χ0v) is 16.7. The van der Waals surface area contributed by atoms with E-state index in [1.165, 1.54) is 12.8 Å². The Morgan fingerprint density at radius 1 is 1.29 bits per heavy atom. The fourth-order valence-corrected chi connectivity index (χ4v) is 4.20. The molecule has 3 heterocycles. The van der Waals surface area contributed by atoms with Crippen molar-refractivity contribution in [3.8, 4) is 0 Å². The summed E-state index contributed by atoms with van der Waals surface area (Å²) in [6.45, 7) is 10.1. The molecule has 0 unspecified atom stereocenters. The van der Waals surface area contributed by atoms with Crippen LogP contribution in [0.3, 0.4) is 0 Å². The summed E-state index contributed by atoms with van der Waals surface area (Å²) < 4.78 is 7.43. The average Bonchev–Trinajstić information content (AvgIpc) is 3.13. The van der Waals surface area contributed by atoms with Crippen molar-refractivity contribution in [3.63, 3.8) is 0 Å². The van der Waals surface area contributed by atoms with Gasteiger partial charge in [-0.05, 0) is 56.5 Å². The summed E-state index contributed by atoms with van der Waals surface area (Å²) in [6.07, 6.45) is 4.51. The van der Waals surface area contributed by atoms with Crippen molar-refractivity contribution in [2.45, 2.75) is 26.3 Å². The third kappa shape index (κ3) is 4.54. The van der Waals surface area contributed by atoms with Crippen LogP contribution in [-0.2, 0) is 11.3 Å². The number of nitrogens with one attached hydrogen (secondary N) is 2. The summed E-state index contributed by atoms with van der Waals surface area (Å²) in [5, 5.41) is 12.3. The predicted octanol–water partition coefficient (Wildman–Crippen LogP) is 1.41. The van der Waals surface area contributed by atoms with Gasteiger partial charge < -0.3 is 15.4 Å². The Bertz CT molecular complexity index is 806. The molecule has 0 radical (unpaired) electrons. The summed E-state index contributed by atoms with van der Waals surface area (Å²) in [6, 6.07) is 3.88. The van der Waals surface area contributed by atoms with Gasteiger partial charge in [-0.2, -0.15) is 5.10 Å². The minimum Gasteiger partial charge on any atom is -0.379 e. The fraction of sp³-hybridized carbons (Fsp3) is 0.619. The second-order valence-electron chi connectivity index (χ2n) is 7.93. The Labute approximate surface area is 166 Å². The molecule has 7 nitrogen and oxygen atoms in total. The van der Waals surface area contributed by atoms with Crippen molar-refractivity contribution in [2.24, 2.45) is 5.92 Å². The SMILES string of the molecule is Cc1c(C(=O)NCCN2CCOCC2)ccc2nn(CC3CCNCC3)cc12. The molecular formula is C21H31N5O2. The van der Waals surface area contributed by atoms with Gasteiger partial charge in [-0.25, -0.2) is 0 Å². The third-order valence-electron chi connectivity index (χ3n) is 5.97. The number of fused-ring (bicyclic) bond motifs is 1. The smallest absolute Gasteiger partial charge is 0.251 e. The Balaban J connectivity index is 1.39. The molecule has 4 rings (SSSR count). The van der Waals surface area contributed by atoms with Crippen molar-refractivity contribution in [1.82, 2.24) is 25.3 Å². The number of piperidine rings is 1. The van der Waals surface area contributed by atoms with E-state index < -0.39 is 0 Å². The molecule has 2 fully saturated rings. The summed E-state index contributed by atoms with van der Waals surface area (Å²) >= 11 is 0. The van der Waals surface area contributed by atoms with Crippen molar-refractivity contribution >= 4 is 16.8 Å². The van der Waals surface area contributed by atoms with Gasteiger partial charge in [-0.3, -0.25) is 14.4 Å². The Morgan fingerprint density at radius 2 is 2.07 bits per heavy atom. The largest absolute Gasteiger partial charge is 0.379 e. The van der Waals surface area contributed by atoms with E-state index in [1.807, 2.05) is 19.1 Å². The first kappa shape index (κ1) is 19.4. The quantitative estimate of drug-likeness (QED) is 0.787. The Morgan fingerprint density at radius 3 is 2.86 bits per heavy atom. The highest BCUT2D eigenvalue weighted by Gasteiger charge is 2.17. The highest BCUT2D eigenvalue weighted by Crippen LogP contribution is 2.22. The number of morpholine rings is 1. The van der Waals surface area contributed by atoms with Gasteiger partial charge in [-0.15, -0.1) is 0 Å². The molecule has 0 saturated carbocycles. The number of hydrogen-bond acceptors (Lipinski definition) is 5. The fourth-order valence-electron chi connectivity index (χ4n) is 4.20. The summed E-state index contributed by atoms with van der Waals surface area (Å²) in [5.74, 6) is 0.678. The zero-order valence-electron chi connectivity index (χ0n) is 16.7. The van der Waals surface area contributed by atoms with Crippen molar-refractivity contribution in [1.29, 1.82) is 0 Å². The van der Waals surface area contributed by atoms with Crippen LogP contribution in [0.15, 0.2) is 18.3 Å². The van der Waals surface area contributed by atoms with Crippen molar-refractivity contribution in [3.05, 3.63) is 29.5 Å². The summed E-state index contributed by atoms with van der Waals surface area (Å²) in [7, 11) is 0. The molecule has 2 aliphatic rings.